The van der Waals surface area contributed by atoms with Crippen LogP contribution in [-0.4, -0.2) is 38.2 Å². The Labute approximate surface area is 134 Å². The number of methoxy groups -OCH3 is 1. The van der Waals surface area contributed by atoms with E-state index in [1.165, 1.54) is 24.1 Å². The normalized spacial score (nSPS) is 21.7. The van der Waals surface area contributed by atoms with Crippen molar-refractivity contribution in [1.29, 1.82) is 0 Å². The molecule has 122 valence electrons. The summed E-state index contributed by atoms with van der Waals surface area (Å²) < 4.78 is 18.4. The molecule has 0 aromatic heterocycles. The van der Waals surface area contributed by atoms with E-state index in [2.05, 4.69) is 43.9 Å². The summed E-state index contributed by atoms with van der Waals surface area (Å²) in [4.78, 5) is 2.37. The Kier molecular flexibility index (Phi) is 4.05. The third-order valence-corrected chi connectivity index (χ3v) is 8.83. The number of hydrogen-bond donors (Lipinski definition) is 0. The van der Waals surface area contributed by atoms with Gasteiger partial charge in [0.25, 0.3) is 0 Å². The molecule has 1 saturated heterocycles. The molecular weight excluding hydrogens is 293 g/mol. The van der Waals surface area contributed by atoms with E-state index in [1.54, 1.807) is 7.11 Å². The van der Waals surface area contributed by atoms with Crippen LogP contribution in [0.3, 0.4) is 0 Å². The molecule has 0 spiro atoms. The lowest BCUT2D eigenvalue weighted by molar-refractivity contribution is 0.397. The summed E-state index contributed by atoms with van der Waals surface area (Å²) in [5, 5.41) is 0. The molecule has 0 unspecified atom stereocenters. The van der Waals surface area contributed by atoms with Gasteiger partial charge in [0.15, 0.2) is 0 Å². The Balaban J connectivity index is 1.77. The lowest BCUT2D eigenvalue weighted by atomic mass is 9.86. The number of rotatable bonds is 3. The Morgan fingerprint density at radius 3 is 2.32 bits per heavy atom. The van der Waals surface area contributed by atoms with Gasteiger partial charge in [0, 0.05) is 42.8 Å². The van der Waals surface area contributed by atoms with E-state index in [-0.39, 0.29) is 5.41 Å². The van der Waals surface area contributed by atoms with Crippen LogP contribution in [0.15, 0.2) is 18.2 Å². The Morgan fingerprint density at radius 2 is 1.82 bits per heavy atom. The molecule has 3 nitrogen and oxygen atoms in total. The number of nitrogens with zero attached hydrogens (tertiary/aromatic N) is 1. The van der Waals surface area contributed by atoms with Crippen molar-refractivity contribution < 1.29 is 9.30 Å². The van der Waals surface area contributed by atoms with Crippen molar-refractivity contribution >= 4 is 12.8 Å². The molecule has 2 aliphatic rings. The van der Waals surface area contributed by atoms with Gasteiger partial charge in [-0.3, -0.25) is 0 Å². The van der Waals surface area contributed by atoms with Crippen LogP contribution in [0.5, 0.6) is 5.75 Å². The van der Waals surface area contributed by atoms with Gasteiger partial charge in [-0.25, -0.2) is 0 Å². The molecule has 3 rings (SSSR count). The first kappa shape index (κ1) is 15.9. The molecule has 1 saturated carbocycles. The number of ether oxygens (including phenoxy) is 1. The average molecular weight is 321 g/mol. The Hall–Kier alpha value is -0.950. The highest BCUT2D eigenvalue weighted by Gasteiger charge is 2.42. The molecule has 1 aliphatic carbocycles. The maximum absolute atomic E-state index is 12.8. The molecule has 1 aliphatic heterocycles. The maximum atomic E-state index is 12.8. The summed E-state index contributed by atoms with van der Waals surface area (Å²) in [6.45, 7) is 8.46. The van der Waals surface area contributed by atoms with E-state index >= 15 is 0 Å². The van der Waals surface area contributed by atoms with Gasteiger partial charge in [-0.2, -0.15) is 0 Å². The molecule has 0 radical (unpaired) electrons. The highest BCUT2D eigenvalue weighted by molar-refractivity contribution is 7.65. The van der Waals surface area contributed by atoms with Crippen molar-refractivity contribution in [2.24, 2.45) is 0 Å². The second-order valence-corrected chi connectivity index (χ2v) is 11.3. The van der Waals surface area contributed by atoms with Gasteiger partial charge in [0.05, 0.1) is 14.3 Å². The fourth-order valence-electron chi connectivity index (χ4n) is 3.47. The zero-order chi connectivity index (χ0) is 16.0. The van der Waals surface area contributed by atoms with Crippen molar-refractivity contribution in [3.05, 3.63) is 23.8 Å². The SMILES string of the molecule is COc1cc(N2CCP(=O)(C3CC3)CC2)ccc1C(C)(C)C. The van der Waals surface area contributed by atoms with Gasteiger partial charge in [-0.15, -0.1) is 0 Å². The third-order valence-electron chi connectivity index (χ3n) is 5.07. The lowest BCUT2D eigenvalue weighted by Crippen LogP contribution is -2.35. The molecule has 1 aromatic carbocycles. The first-order chi connectivity index (χ1) is 10.3. The highest BCUT2D eigenvalue weighted by Crippen LogP contribution is 2.61. The van der Waals surface area contributed by atoms with Crippen molar-refractivity contribution in [3.8, 4) is 5.75 Å². The summed E-state index contributed by atoms with van der Waals surface area (Å²) in [5.74, 6) is 0.959. The fraction of sp³-hybridized carbons (Fsp3) is 0.667. The van der Waals surface area contributed by atoms with Gasteiger partial charge in [-0.1, -0.05) is 26.8 Å². The molecule has 4 heteroatoms. The van der Waals surface area contributed by atoms with E-state index in [0.717, 1.165) is 31.2 Å². The maximum Gasteiger partial charge on any atom is 0.124 e. The molecule has 0 bridgehead atoms. The van der Waals surface area contributed by atoms with Crippen LogP contribution in [0.25, 0.3) is 0 Å². The number of hydrogen-bond acceptors (Lipinski definition) is 3. The van der Waals surface area contributed by atoms with Crippen LogP contribution in [0.2, 0.25) is 0 Å². The van der Waals surface area contributed by atoms with E-state index in [1.807, 2.05) is 0 Å². The van der Waals surface area contributed by atoms with Crippen molar-refractivity contribution in [2.45, 2.75) is 44.7 Å². The Bertz CT molecular complexity index is 590. The summed E-state index contributed by atoms with van der Waals surface area (Å²) in [6.07, 6.45) is 4.18. The fourth-order valence-corrected chi connectivity index (χ4v) is 6.67. The minimum atomic E-state index is -1.86. The molecular formula is C18H28NO2P. The molecule has 0 atom stereocenters. The first-order valence-corrected chi connectivity index (χ1v) is 10.5. The third kappa shape index (κ3) is 3.06. The van der Waals surface area contributed by atoms with Crippen molar-refractivity contribution in [3.63, 3.8) is 0 Å². The molecule has 0 N–H and O–H groups in total. The van der Waals surface area contributed by atoms with Gasteiger partial charge in [0.1, 0.15) is 5.75 Å². The highest BCUT2D eigenvalue weighted by atomic mass is 31.2. The van der Waals surface area contributed by atoms with Crippen molar-refractivity contribution in [1.82, 2.24) is 0 Å². The second kappa shape index (κ2) is 5.60. The predicted octanol–water partition coefficient (Wildman–Crippen LogP) is 4.34. The molecule has 1 heterocycles. The Morgan fingerprint density at radius 1 is 1.18 bits per heavy atom. The standard InChI is InChI=1S/C18H28NO2P/c1-18(2,3)16-8-5-14(13-17(16)21-4)19-9-11-22(20,12-10-19)15-6-7-15/h5,8,13,15H,6-7,9-12H2,1-4H3. The van der Waals surface area contributed by atoms with Crippen LogP contribution in [0.4, 0.5) is 5.69 Å². The van der Waals surface area contributed by atoms with Crippen molar-refractivity contribution in [2.75, 3.05) is 37.4 Å². The second-order valence-electron chi connectivity index (χ2n) is 7.75. The molecule has 1 aromatic rings. The van der Waals surface area contributed by atoms with Crippen LogP contribution >= 0.6 is 7.14 Å². The largest absolute Gasteiger partial charge is 0.496 e. The van der Waals surface area contributed by atoms with Crippen LogP contribution in [-0.2, 0) is 9.98 Å². The van der Waals surface area contributed by atoms with Crippen LogP contribution in [0.1, 0.15) is 39.2 Å². The van der Waals surface area contributed by atoms with Crippen LogP contribution < -0.4 is 9.64 Å². The van der Waals surface area contributed by atoms with Crippen LogP contribution in [0, 0.1) is 0 Å². The monoisotopic (exact) mass is 321 g/mol. The molecule has 0 amide bonds. The molecule has 22 heavy (non-hydrogen) atoms. The number of benzene rings is 1. The van der Waals surface area contributed by atoms with Gasteiger partial charge < -0.3 is 14.2 Å². The summed E-state index contributed by atoms with van der Waals surface area (Å²) >= 11 is 0. The lowest BCUT2D eigenvalue weighted by Gasteiger charge is -2.34. The van der Waals surface area contributed by atoms with E-state index in [0.29, 0.717) is 5.66 Å². The van der Waals surface area contributed by atoms with E-state index in [4.69, 9.17) is 4.74 Å². The quantitative estimate of drug-likeness (QED) is 0.776. The average Bonchev–Trinajstić information content (AvgIpc) is 3.31. The van der Waals surface area contributed by atoms with Gasteiger partial charge >= 0.3 is 0 Å². The minimum Gasteiger partial charge on any atom is -0.496 e. The topological polar surface area (TPSA) is 29.5 Å². The zero-order valence-electron chi connectivity index (χ0n) is 14.3. The minimum absolute atomic E-state index is 0.0768. The summed E-state index contributed by atoms with van der Waals surface area (Å²) in [6, 6.07) is 6.52. The predicted molar refractivity (Wildman–Crippen MR) is 94.3 cm³/mol. The zero-order valence-corrected chi connectivity index (χ0v) is 15.2. The van der Waals surface area contributed by atoms with E-state index in [9.17, 15) is 4.57 Å². The van der Waals surface area contributed by atoms with Gasteiger partial charge in [0.2, 0.25) is 0 Å². The van der Waals surface area contributed by atoms with Gasteiger partial charge in [-0.05, 0) is 29.9 Å². The smallest absolute Gasteiger partial charge is 0.124 e. The number of anilines is 1. The summed E-state index contributed by atoms with van der Waals surface area (Å²) in [5.41, 5.74) is 3.08. The van der Waals surface area contributed by atoms with E-state index < -0.39 is 7.14 Å². The first-order valence-electron chi connectivity index (χ1n) is 8.35. The summed E-state index contributed by atoms with van der Waals surface area (Å²) in [7, 11) is -0.118. The molecule has 2 fully saturated rings.